The van der Waals surface area contributed by atoms with Gasteiger partial charge in [0, 0.05) is 0 Å². The van der Waals surface area contributed by atoms with Crippen molar-refractivity contribution >= 4 is 17.7 Å². The molecule has 0 unspecified atom stereocenters. The minimum absolute atomic E-state index is 0.0523. The maximum absolute atomic E-state index is 10.7. The fourth-order valence-electron chi connectivity index (χ4n) is 0.873. The summed E-state index contributed by atoms with van der Waals surface area (Å²) >= 11 is 3.64. The number of carbonyl (C=O) groups is 1. The Kier molecular flexibility index (Phi) is 3.70. The molecule has 14 heavy (non-hydrogen) atoms. The Hall–Kier alpha value is -1.30. The summed E-state index contributed by atoms with van der Waals surface area (Å²) in [5, 5.41) is -0.305. The summed E-state index contributed by atoms with van der Waals surface area (Å²) < 4.78 is 9.82. The molecule has 0 aliphatic rings. The lowest BCUT2D eigenvalue weighted by molar-refractivity contribution is -0.110. The molecule has 1 aromatic rings. The van der Waals surface area contributed by atoms with Gasteiger partial charge in [0.2, 0.25) is 11.8 Å². The van der Waals surface area contributed by atoms with Crippen molar-refractivity contribution in [3.63, 3.8) is 0 Å². The quantitative estimate of drug-likeness (QED) is 0.739. The summed E-state index contributed by atoms with van der Waals surface area (Å²) in [7, 11) is 2.96. The molecule has 0 saturated carbocycles. The first-order valence-corrected chi connectivity index (χ1v) is 4.28. The lowest BCUT2D eigenvalue weighted by Gasteiger charge is -2.04. The molecule has 1 rings (SSSR count). The fourth-order valence-corrected chi connectivity index (χ4v) is 1.01. The van der Waals surface area contributed by atoms with Crippen LogP contribution >= 0.6 is 12.6 Å². The lowest BCUT2D eigenvalue weighted by atomic mass is 10.4. The highest BCUT2D eigenvalue weighted by atomic mass is 32.1. The first-order chi connectivity index (χ1) is 6.65. The summed E-state index contributed by atoms with van der Waals surface area (Å²) in [4.78, 5) is 18.6. The minimum Gasteiger partial charge on any atom is -0.481 e. The van der Waals surface area contributed by atoms with Gasteiger partial charge in [0.25, 0.3) is 0 Å². The van der Waals surface area contributed by atoms with Crippen molar-refractivity contribution in [1.82, 2.24) is 9.97 Å². The Morgan fingerprint density at radius 1 is 1.36 bits per heavy atom. The van der Waals surface area contributed by atoms with Crippen molar-refractivity contribution in [3.8, 4) is 11.8 Å². The number of thiol groups is 1. The molecule has 0 amide bonds. The third-order valence-corrected chi connectivity index (χ3v) is 1.61. The smallest absolute Gasteiger partial charge is 0.220 e. The van der Waals surface area contributed by atoms with Crippen molar-refractivity contribution in [2.24, 2.45) is 0 Å². The first-order valence-electron chi connectivity index (χ1n) is 3.83. The number of hydrogen-bond donors (Lipinski definition) is 1. The number of rotatable bonds is 4. The predicted octanol–water partition coefficient (Wildman–Crippen LogP) is 0.493. The van der Waals surface area contributed by atoms with Gasteiger partial charge in [-0.05, 0) is 0 Å². The van der Waals surface area contributed by atoms with Gasteiger partial charge in [0.05, 0.1) is 26.7 Å². The summed E-state index contributed by atoms with van der Waals surface area (Å²) in [6.07, 6.45) is 0.0523. The molecule has 5 nitrogen and oxygen atoms in total. The van der Waals surface area contributed by atoms with Gasteiger partial charge >= 0.3 is 0 Å². The van der Waals surface area contributed by atoms with Crippen LogP contribution in [0.3, 0.4) is 0 Å². The highest BCUT2D eigenvalue weighted by Crippen LogP contribution is 2.15. The van der Waals surface area contributed by atoms with E-state index in [1.54, 1.807) is 0 Å². The molecule has 0 aliphatic heterocycles. The van der Waals surface area contributed by atoms with E-state index in [0.29, 0.717) is 17.6 Å². The third kappa shape index (κ3) is 2.88. The predicted molar refractivity (Wildman–Crippen MR) is 52.8 cm³/mol. The lowest BCUT2D eigenvalue weighted by Crippen LogP contribution is -2.03. The van der Waals surface area contributed by atoms with Gasteiger partial charge in [-0.1, -0.05) is 0 Å². The fraction of sp³-hybridized carbons (Fsp3) is 0.375. The van der Waals surface area contributed by atoms with Gasteiger partial charge in [0.1, 0.15) is 5.82 Å². The number of carbonyl (C=O) groups excluding carboxylic acids is 1. The van der Waals surface area contributed by atoms with E-state index in [1.165, 1.54) is 20.3 Å². The van der Waals surface area contributed by atoms with E-state index in [-0.39, 0.29) is 11.5 Å². The Bertz CT molecular complexity index is 321. The van der Waals surface area contributed by atoms with Crippen LogP contribution in [0, 0.1) is 0 Å². The van der Waals surface area contributed by atoms with Crippen LogP contribution in [0.1, 0.15) is 5.82 Å². The molecule has 0 aromatic carbocycles. The molecule has 6 heteroatoms. The maximum Gasteiger partial charge on any atom is 0.220 e. The van der Waals surface area contributed by atoms with Crippen LogP contribution in [0.4, 0.5) is 0 Å². The SMILES string of the molecule is COc1cc(OC)nc(CC(=O)S)n1. The molecule has 0 aliphatic carbocycles. The highest BCUT2D eigenvalue weighted by molar-refractivity contribution is 7.96. The third-order valence-electron chi connectivity index (χ3n) is 1.45. The molecule has 76 valence electrons. The molecular weight excluding hydrogens is 204 g/mol. The van der Waals surface area contributed by atoms with E-state index < -0.39 is 0 Å². The van der Waals surface area contributed by atoms with Crippen molar-refractivity contribution < 1.29 is 14.3 Å². The second-order valence-electron chi connectivity index (χ2n) is 2.44. The van der Waals surface area contributed by atoms with Gasteiger partial charge in [-0.3, -0.25) is 4.79 Å². The maximum atomic E-state index is 10.7. The molecule has 1 aromatic heterocycles. The molecule has 0 fully saturated rings. The zero-order chi connectivity index (χ0) is 10.6. The average Bonchev–Trinajstić information content (AvgIpc) is 2.16. The molecule has 0 bridgehead atoms. The largest absolute Gasteiger partial charge is 0.481 e. The van der Waals surface area contributed by atoms with Crippen molar-refractivity contribution in [1.29, 1.82) is 0 Å². The van der Waals surface area contributed by atoms with Crippen LogP contribution in [-0.4, -0.2) is 29.3 Å². The van der Waals surface area contributed by atoms with Gasteiger partial charge < -0.3 is 9.47 Å². The van der Waals surface area contributed by atoms with Crippen LogP contribution < -0.4 is 9.47 Å². The molecule has 0 atom stereocenters. The Morgan fingerprint density at radius 3 is 2.21 bits per heavy atom. The van der Waals surface area contributed by atoms with E-state index in [2.05, 4.69) is 22.6 Å². The number of ether oxygens (including phenoxy) is 2. The number of nitrogens with zero attached hydrogens (tertiary/aromatic N) is 2. The van der Waals surface area contributed by atoms with E-state index in [0.717, 1.165) is 0 Å². The summed E-state index contributed by atoms with van der Waals surface area (Å²) in [6.45, 7) is 0. The Balaban J connectivity index is 2.98. The second kappa shape index (κ2) is 4.80. The zero-order valence-corrected chi connectivity index (χ0v) is 8.75. The van der Waals surface area contributed by atoms with Gasteiger partial charge in [0.15, 0.2) is 5.12 Å². The summed E-state index contributed by atoms with van der Waals surface area (Å²) in [5.74, 6) is 1.06. The van der Waals surface area contributed by atoms with Crippen LogP contribution in [0.5, 0.6) is 11.8 Å². The second-order valence-corrected chi connectivity index (χ2v) is 2.94. The topological polar surface area (TPSA) is 61.3 Å². The van der Waals surface area contributed by atoms with Crippen LogP contribution in [0.15, 0.2) is 6.07 Å². The van der Waals surface area contributed by atoms with Crippen LogP contribution in [0.2, 0.25) is 0 Å². The molecular formula is C8H10N2O3S. The number of hydrogen-bond acceptors (Lipinski definition) is 5. The molecule has 1 heterocycles. The van der Waals surface area contributed by atoms with Crippen LogP contribution in [0.25, 0.3) is 0 Å². The van der Waals surface area contributed by atoms with Gasteiger partial charge in [-0.15, -0.1) is 12.6 Å². The van der Waals surface area contributed by atoms with E-state index in [4.69, 9.17) is 9.47 Å². The molecule has 0 N–H and O–H groups in total. The summed E-state index contributed by atoms with van der Waals surface area (Å²) in [5.41, 5.74) is 0. The van der Waals surface area contributed by atoms with Gasteiger partial charge in [-0.2, -0.15) is 9.97 Å². The first kappa shape index (κ1) is 10.8. The van der Waals surface area contributed by atoms with Gasteiger partial charge in [-0.25, -0.2) is 0 Å². The van der Waals surface area contributed by atoms with Crippen molar-refractivity contribution in [2.75, 3.05) is 14.2 Å². The van der Waals surface area contributed by atoms with Crippen molar-refractivity contribution in [3.05, 3.63) is 11.9 Å². The highest BCUT2D eigenvalue weighted by Gasteiger charge is 2.07. The monoisotopic (exact) mass is 214 g/mol. The molecule has 0 spiro atoms. The Labute approximate surface area is 86.9 Å². The van der Waals surface area contributed by atoms with Crippen LogP contribution in [-0.2, 0) is 11.2 Å². The Morgan fingerprint density at radius 2 is 1.86 bits per heavy atom. The zero-order valence-electron chi connectivity index (χ0n) is 7.85. The number of aromatic nitrogens is 2. The van der Waals surface area contributed by atoms with E-state index >= 15 is 0 Å². The van der Waals surface area contributed by atoms with E-state index in [9.17, 15) is 4.79 Å². The number of methoxy groups -OCH3 is 2. The molecule has 0 saturated heterocycles. The normalized spacial score (nSPS) is 9.64. The minimum atomic E-state index is -0.305. The average molecular weight is 214 g/mol. The standard InChI is InChI=1S/C8H10N2O3S/c1-12-6-4-7(13-2)10-5(9-6)3-8(11)14/h4H,3H2,1-2H3,(H,11,14). The summed E-state index contributed by atoms with van der Waals surface area (Å²) in [6, 6.07) is 1.53. The molecule has 0 radical (unpaired) electrons. The van der Waals surface area contributed by atoms with E-state index in [1.807, 2.05) is 0 Å². The van der Waals surface area contributed by atoms with Crippen molar-refractivity contribution in [2.45, 2.75) is 6.42 Å².